The lowest BCUT2D eigenvalue weighted by Crippen LogP contribution is -2.81. The van der Waals surface area contributed by atoms with Gasteiger partial charge in [-0.1, -0.05) is 0 Å². The summed E-state index contributed by atoms with van der Waals surface area (Å²) in [6.45, 7) is 3.71. The lowest BCUT2D eigenvalue weighted by atomic mass is 9.27. The Hall–Kier alpha value is -1.14. The molecule has 0 N–H and O–H groups in total. The predicted octanol–water partition coefficient (Wildman–Crippen LogP) is 0.489. The van der Waals surface area contributed by atoms with E-state index in [0.29, 0.717) is 6.42 Å². The van der Waals surface area contributed by atoms with Crippen molar-refractivity contribution < 1.29 is 28.5 Å². The first-order valence-corrected chi connectivity index (χ1v) is 6.87. The van der Waals surface area contributed by atoms with E-state index in [0.717, 1.165) is 0 Å². The number of hydrogen-bond donors (Lipinski definition) is 0. The molecule has 110 valence electrons. The SMILES string of the molecule is COC(=O)C12CC3(C(=O)OC)C1C1OC(C)(C)OC1C23. The predicted molar refractivity (Wildman–Crippen MR) is 64.3 cm³/mol. The van der Waals surface area contributed by atoms with Crippen LogP contribution in [0, 0.1) is 22.7 Å². The van der Waals surface area contributed by atoms with E-state index in [1.807, 2.05) is 13.8 Å². The minimum atomic E-state index is -0.659. The summed E-state index contributed by atoms with van der Waals surface area (Å²) in [7, 11) is 2.77. The van der Waals surface area contributed by atoms with E-state index in [2.05, 4.69) is 0 Å². The quantitative estimate of drug-likeness (QED) is 0.686. The molecule has 0 radical (unpaired) electrons. The monoisotopic (exact) mass is 282 g/mol. The Morgan fingerprint density at radius 1 is 0.950 bits per heavy atom. The van der Waals surface area contributed by atoms with Gasteiger partial charge in [0, 0.05) is 11.8 Å². The Balaban J connectivity index is 1.73. The molecule has 2 unspecified atom stereocenters. The third-order valence-corrected chi connectivity index (χ3v) is 5.76. The summed E-state index contributed by atoms with van der Waals surface area (Å²) in [5, 5.41) is 0. The Kier molecular flexibility index (Phi) is 2.01. The maximum absolute atomic E-state index is 12.2. The van der Waals surface area contributed by atoms with Gasteiger partial charge in [-0.25, -0.2) is 0 Å². The van der Waals surface area contributed by atoms with Crippen LogP contribution >= 0.6 is 0 Å². The standard InChI is InChI=1S/C14H18O6/c1-12(2)19-6-7(20-12)9-13(10(15)17-3)5-14(9,8(6)13)11(16)18-4/h6-9H,5H2,1-4H3. The van der Waals surface area contributed by atoms with Gasteiger partial charge in [0.15, 0.2) is 5.79 Å². The molecule has 6 heteroatoms. The average Bonchev–Trinajstić information content (AvgIpc) is 2.80. The normalized spacial score (nSPS) is 52.6. The van der Waals surface area contributed by atoms with Crippen LogP contribution in [0.3, 0.4) is 0 Å². The van der Waals surface area contributed by atoms with Gasteiger partial charge < -0.3 is 18.9 Å². The van der Waals surface area contributed by atoms with E-state index in [1.54, 1.807) is 0 Å². The maximum atomic E-state index is 12.2. The van der Waals surface area contributed by atoms with E-state index >= 15 is 0 Å². The first-order chi connectivity index (χ1) is 9.35. The zero-order valence-electron chi connectivity index (χ0n) is 12.0. The summed E-state index contributed by atoms with van der Waals surface area (Å²) < 4.78 is 21.8. The number of ether oxygens (including phenoxy) is 4. The van der Waals surface area contributed by atoms with Crippen molar-refractivity contribution in [2.75, 3.05) is 14.2 Å². The largest absolute Gasteiger partial charge is 0.469 e. The van der Waals surface area contributed by atoms with Gasteiger partial charge in [-0.05, 0) is 20.3 Å². The van der Waals surface area contributed by atoms with Gasteiger partial charge in [0.2, 0.25) is 0 Å². The highest BCUT2D eigenvalue weighted by molar-refractivity contribution is 5.95. The number of rotatable bonds is 2. The molecule has 6 rings (SSSR count). The minimum absolute atomic E-state index is 0.174. The van der Waals surface area contributed by atoms with Gasteiger partial charge in [0.1, 0.15) is 0 Å². The Morgan fingerprint density at radius 3 is 1.70 bits per heavy atom. The number of carbonyl (C=O) groups is 2. The topological polar surface area (TPSA) is 71.1 Å². The lowest BCUT2D eigenvalue weighted by Gasteiger charge is -2.73. The van der Waals surface area contributed by atoms with Crippen molar-refractivity contribution in [1.29, 1.82) is 0 Å². The first-order valence-electron chi connectivity index (χ1n) is 6.87. The second-order valence-corrected chi connectivity index (χ2v) is 6.76. The van der Waals surface area contributed by atoms with Crippen LogP contribution in [-0.2, 0) is 28.5 Å². The molecule has 20 heavy (non-hydrogen) atoms. The van der Waals surface area contributed by atoms with Crippen molar-refractivity contribution in [2.45, 2.75) is 38.3 Å². The summed E-state index contributed by atoms with van der Waals surface area (Å²) in [6.07, 6.45) is 0.0540. The first kappa shape index (κ1) is 12.6. The summed E-state index contributed by atoms with van der Waals surface area (Å²) >= 11 is 0. The van der Waals surface area contributed by atoms with Crippen molar-refractivity contribution in [3.63, 3.8) is 0 Å². The fraction of sp³-hybridized carbons (Fsp3) is 0.857. The van der Waals surface area contributed by atoms with Gasteiger partial charge in [0.25, 0.3) is 0 Å². The fourth-order valence-electron chi connectivity index (χ4n) is 5.41. The van der Waals surface area contributed by atoms with E-state index in [9.17, 15) is 9.59 Å². The number of esters is 2. The van der Waals surface area contributed by atoms with Crippen LogP contribution in [0.5, 0.6) is 0 Å². The Labute approximate surface area is 116 Å². The van der Waals surface area contributed by atoms with Crippen LogP contribution in [-0.4, -0.2) is 44.2 Å². The minimum Gasteiger partial charge on any atom is -0.469 e. The molecule has 1 aliphatic heterocycles. The summed E-state index contributed by atoms with van der Waals surface area (Å²) in [5.41, 5.74) is -1.20. The fourth-order valence-corrected chi connectivity index (χ4v) is 5.41. The molecule has 0 aromatic rings. The highest BCUT2D eigenvalue weighted by Gasteiger charge is 2.98. The van der Waals surface area contributed by atoms with Crippen molar-refractivity contribution in [3.05, 3.63) is 0 Å². The molecule has 0 aromatic carbocycles. The van der Waals surface area contributed by atoms with E-state index in [1.165, 1.54) is 14.2 Å². The highest BCUT2D eigenvalue weighted by atomic mass is 16.8. The van der Waals surface area contributed by atoms with Crippen molar-refractivity contribution in [2.24, 2.45) is 22.7 Å². The van der Waals surface area contributed by atoms with Gasteiger partial charge in [-0.3, -0.25) is 9.59 Å². The highest BCUT2D eigenvalue weighted by Crippen LogP contribution is 2.89. The van der Waals surface area contributed by atoms with Gasteiger partial charge in [-0.15, -0.1) is 0 Å². The second kappa shape index (κ2) is 3.20. The van der Waals surface area contributed by atoms with Crippen LogP contribution in [0.1, 0.15) is 20.3 Å². The molecule has 6 nitrogen and oxygen atoms in total. The van der Waals surface area contributed by atoms with Crippen LogP contribution in [0.2, 0.25) is 0 Å². The summed E-state index contributed by atoms with van der Waals surface area (Å²) in [5.74, 6) is -1.51. The molecule has 1 heterocycles. The van der Waals surface area contributed by atoms with Crippen LogP contribution in [0.25, 0.3) is 0 Å². The molecule has 5 aliphatic carbocycles. The molecule has 5 saturated carbocycles. The molecule has 0 aromatic heterocycles. The molecular weight excluding hydrogens is 264 g/mol. The summed E-state index contributed by atoms with van der Waals surface area (Å²) in [4.78, 5) is 24.3. The molecule has 0 spiro atoms. The second-order valence-electron chi connectivity index (χ2n) is 6.76. The Bertz CT molecular complexity index is 472. The smallest absolute Gasteiger partial charge is 0.312 e. The maximum Gasteiger partial charge on any atom is 0.312 e. The molecule has 4 bridgehead atoms. The number of hydrogen-bond acceptors (Lipinski definition) is 6. The average molecular weight is 282 g/mol. The molecule has 0 amide bonds. The van der Waals surface area contributed by atoms with Crippen LogP contribution < -0.4 is 0 Å². The Morgan fingerprint density at radius 2 is 1.35 bits per heavy atom. The molecule has 1 saturated heterocycles. The summed E-state index contributed by atoms with van der Waals surface area (Å²) in [6, 6.07) is 0. The zero-order chi connectivity index (χ0) is 14.5. The lowest BCUT2D eigenvalue weighted by molar-refractivity contribution is -0.330. The number of methoxy groups -OCH3 is 2. The van der Waals surface area contributed by atoms with Crippen molar-refractivity contribution >= 4 is 11.9 Å². The van der Waals surface area contributed by atoms with Crippen LogP contribution in [0.15, 0.2) is 0 Å². The van der Waals surface area contributed by atoms with E-state index in [-0.39, 0.29) is 36.0 Å². The van der Waals surface area contributed by atoms with Gasteiger partial charge >= 0.3 is 11.9 Å². The van der Waals surface area contributed by atoms with Crippen molar-refractivity contribution in [1.82, 2.24) is 0 Å². The third-order valence-electron chi connectivity index (χ3n) is 5.76. The molecular formula is C14H18O6. The number of carbonyl (C=O) groups excluding carboxylic acids is 2. The van der Waals surface area contributed by atoms with Crippen molar-refractivity contribution in [3.8, 4) is 0 Å². The van der Waals surface area contributed by atoms with E-state index < -0.39 is 16.6 Å². The van der Waals surface area contributed by atoms with E-state index in [4.69, 9.17) is 18.9 Å². The molecule has 2 atom stereocenters. The van der Waals surface area contributed by atoms with Crippen LogP contribution in [0.4, 0.5) is 0 Å². The molecule has 6 fully saturated rings. The van der Waals surface area contributed by atoms with Gasteiger partial charge in [-0.2, -0.15) is 0 Å². The third kappa shape index (κ3) is 0.949. The zero-order valence-corrected chi connectivity index (χ0v) is 12.0. The molecule has 6 aliphatic rings. The van der Waals surface area contributed by atoms with Gasteiger partial charge in [0.05, 0.1) is 37.3 Å².